The molecule has 0 bridgehead atoms. The van der Waals surface area contributed by atoms with Gasteiger partial charge in [0.15, 0.2) is 0 Å². The molecule has 0 saturated carbocycles. The van der Waals surface area contributed by atoms with Crippen LogP contribution in [0, 0.1) is 6.92 Å². The Hall–Kier alpha value is -2.71. The van der Waals surface area contributed by atoms with Crippen LogP contribution in [-0.4, -0.2) is 43.7 Å². The SMILES string of the molecule is CCN(CC)S(=O)(=O)c1cc(NC(=O)CC(C)NC(=O)c2ccccc2)ccc1C. The van der Waals surface area contributed by atoms with E-state index in [2.05, 4.69) is 10.6 Å². The zero-order chi connectivity index (χ0) is 22.3. The highest BCUT2D eigenvalue weighted by atomic mass is 32.2. The molecule has 2 rings (SSSR count). The maximum Gasteiger partial charge on any atom is 0.251 e. The molecule has 0 aromatic heterocycles. The van der Waals surface area contributed by atoms with Crippen LogP contribution in [-0.2, 0) is 14.8 Å². The Morgan fingerprint density at radius 3 is 2.27 bits per heavy atom. The van der Waals surface area contributed by atoms with Gasteiger partial charge in [-0.25, -0.2) is 8.42 Å². The number of sulfonamides is 1. The van der Waals surface area contributed by atoms with Gasteiger partial charge in [0.25, 0.3) is 5.91 Å². The van der Waals surface area contributed by atoms with Gasteiger partial charge < -0.3 is 10.6 Å². The molecule has 0 fully saturated rings. The predicted molar refractivity (Wildman–Crippen MR) is 118 cm³/mol. The van der Waals surface area contributed by atoms with Crippen LogP contribution in [0.1, 0.15) is 43.1 Å². The smallest absolute Gasteiger partial charge is 0.251 e. The first-order valence-corrected chi connectivity index (χ1v) is 11.4. The van der Waals surface area contributed by atoms with Crippen LogP contribution in [0.2, 0.25) is 0 Å². The van der Waals surface area contributed by atoms with Crippen molar-refractivity contribution in [2.45, 2.75) is 45.1 Å². The van der Waals surface area contributed by atoms with Gasteiger partial charge in [-0.2, -0.15) is 4.31 Å². The fourth-order valence-electron chi connectivity index (χ4n) is 3.10. The molecular formula is C22H29N3O4S. The number of rotatable bonds is 9. The van der Waals surface area contributed by atoms with Crippen LogP contribution in [0.15, 0.2) is 53.4 Å². The average molecular weight is 432 g/mol. The maximum absolute atomic E-state index is 12.9. The van der Waals surface area contributed by atoms with Crippen molar-refractivity contribution in [1.29, 1.82) is 0 Å². The van der Waals surface area contributed by atoms with Gasteiger partial charge in [-0.1, -0.05) is 38.1 Å². The van der Waals surface area contributed by atoms with E-state index >= 15 is 0 Å². The van der Waals surface area contributed by atoms with E-state index in [1.165, 1.54) is 10.4 Å². The molecule has 1 atom stereocenters. The Kier molecular flexibility index (Phi) is 8.14. The summed E-state index contributed by atoms with van der Waals surface area (Å²) in [4.78, 5) is 24.8. The number of carbonyl (C=O) groups excluding carboxylic acids is 2. The number of nitrogens with one attached hydrogen (secondary N) is 2. The number of aryl methyl sites for hydroxylation is 1. The van der Waals surface area contributed by atoms with Gasteiger partial charge in [0, 0.05) is 36.8 Å². The molecule has 8 heteroatoms. The highest BCUT2D eigenvalue weighted by molar-refractivity contribution is 7.89. The predicted octanol–water partition coefficient (Wildman–Crippen LogP) is 3.17. The van der Waals surface area contributed by atoms with Gasteiger partial charge in [0.05, 0.1) is 4.90 Å². The fraction of sp³-hybridized carbons (Fsp3) is 0.364. The quantitative estimate of drug-likeness (QED) is 0.637. The highest BCUT2D eigenvalue weighted by Gasteiger charge is 2.24. The molecule has 0 heterocycles. The lowest BCUT2D eigenvalue weighted by Crippen LogP contribution is -2.35. The van der Waals surface area contributed by atoms with Crippen LogP contribution in [0.5, 0.6) is 0 Å². The summed E-state index contributed by atoms with van der Waals surface area (Å²) in [6.07, 6.45) is 0.0601. The van der Waals surface area contributed by atoms with Crippen molar-refractivity contribution in [1.82, 2.24) is 9.62 Å². The normalized spacial score (nSPS) is 12.4. The topological polar surface area (TPSA) is 95.6 Å². The molecular weight excluding hydrogens is 402 g/mol. The molecule has 7 nitrogen and oxygen atoms in total. The fourth-order valence-corrected chi connectivity index (χ4v) is 4.80. The minimum atomic E-state index is -3.63. The third-order valence-corrected chi connectivity index (χ3v) is 6.89. The van der Waals surface area contributed by atoms with Gasteiger partial charge in [-0.05, 0) is 43.7 Å². The summed E-state index contributed by atoms with van der Waals surface area (Å²) in [6.45, 7) is 7.77. The van der Waals surface area contributed by atoms with Crippen LogP contribution < -0.4 is 10.6 Å². The molecule has 0 aliphatic rings. The van der Waals surface area contributed by atoms with E-state index < -0.39 is 10.0 Å². The second-order valence-electron chi connectivity index (χ2n) is 7.06. The monoisotopic (exact) mass is 431 g/mol. The standard InChI is InChI=1S/C22H29N3O4S/c1-5-25(6-2)30(28,29)20-15-19(13-12-16(20)3)24-21(26)14-17(4)23-22(27)18-10-8-7-9-11-18/h7-13,15,17H,5-6,14H2,1-4H3,(H,23,27)(H,24,26). The largest absolute Gasteiger partial charge is 0.349 e. The van der Waals surface area contributed by atoms with Crippen molar-refractivity contribution in [3.63, 3.8) is 0 Å². The second kappa shape index (κ2) is 10.4. The molecule has 0 saturated heterocycles. The molecule has 30 heavy (non-hydrogen) atoms. The van der Waals surface area contributed by atoms with Crippen molar-refractivity contribution >= 4 is 27.5 Å². The van der Waals surface area contributed by atoms with Crippen LogP contribution in [0.4, 0.5) is 5.69 Å². The number of benzene rings is 2. The molecule has 0 spiro atoms. The minimum Gasteiger partial charge on any atom is -0.349 e. The maximum atomic E-state index is 12.9. The van der Waals surface area contributed by atoms with E-state index in [9.17, 15) is 18.0 Å². The van der Waals surface area contributed by atoms with Gasteiger partial charge in [-0.15, -0.1) is 0 Å². The van der Waals surface area contributed by atoms with E-state index in [-0.39, 0.29) is 29.2 Å². The highest BCUT2D eigenvalue weighted by Crippen LogP contribution is 2.23. The summed E-state index contributed by atoms with van der Waals surface area (Å²) in [5, 5.41) is 5.51. The van der Waals surface area contributed by atoms with Crippen molar-refractivity contribution < 1.29 is 18.0 Å². The first kappa shape index (κ1) is 23.6. The molecule has 1 unspecified atom stereocenters. The average Bonchev–Trinajstić information content (AvgIpc) is 2.70. The number of carbonyl (C=O) groups is 2. The molecule has 162 valence electrons. The Morgan fingerprint density at radius 2 is 1.67 bits per heavy atom. The molecule has 0 aliphatic carbocycles. The summed E-state index contributed by atoms with van der Waals surface area (Å²) >= 11 is 0. The number of amides is 2. The summed E-state index contributed by atoms with van der Waals surface area (Å²) in [5.41, 5.74) is 1.54. The lowest BCUT2D eigenvalue weighted by molar-refractivity contribution is -0.116. The van der Waals surface area contributed by atoms with Gasteiger partial charge in [0.2, 0.25) is 15.9 Å². The summed E-state index contributed by atoms with van der Waals surface area (Å²) in [5.74, 6) is -0.565. The van der Waals surface area contributed by atoms with E-state index in [4.69, 9.17) is 0 Å². The van der Waals surface area contributed by atoms with Crippen molar-refractivity contribution in [2.24, 2.45) is 0 Å². The zero-order valence-electron chi connectivity index (χ0n) is 17.8. The zero-order valence-corrected chi connectivity index (χ0v) is 18.6. The summed E-state index contributed by atoms with van der Waals surface area (Å²) in [6, 6.07) is 13.2. The van der Waals surface area contributed by atoms with Crippen molar-refractivity contribution in [3.8, 4) is 0 Å². The van der Waals surface area contributed by atoms with E-state index in [1.807, 2.05) is 6.07 Å². The number of anilines is 1. The Labute approximate surface area is 178 Å². The summed E-state index contributed by atoms with van der Waals surface area (Å²) in [7, 11) is -3.63. The first-order valence-electron chi connectivity index (χ1n) is 9.95. The molecule has 2 aromatic carbocycles. The van der Waals surface area contributed by atoms with Crippen molar-refractivity contribution in [3.05, 3.63) is 59.7 Å². The third kappa shape index (κ3) is 5.90. The molecule has 0 aliphatic heterocycles. The van der Waals surface area contributed by atoms with Gasteiger partial charge in [0.1, 0.15) is 0 Å². The Bertz CT molecular complexity index is 987. The van der Waals surface area contributed by atoms with Crippen LogP contribution in [0.25, 0.3) is 0 Å². The van der Waals surface area contributed by atoms with E-state index in [1.54, 1.807) is 64.1 Å². The lowest BCUT2D eigenvalue weighted by atomic mass is 10.1. The van der Waals surface area contributed by atoms with E-state index in [0.717, 1.165) is 0 Å². The molecule has 2 aromatic rings. The molecule has 0 radical (unpaired) electrons. The number of hydrogen-bond donors (Lipinski definition) is 2. The van der Waals surface area contributed by atoms with Crippen molar-refractivity contribution in [2.75, 3.05) is 18.4 Å². The minimum absolute atomic E-state index is 0.0601. The van der Waals surface area contributed by atoms with Crippen LogP contribution in [0.3, 0.4) is 0 Å². The number of hydrogen-bond acceptors (Lipinski definition) is 4. The Morgan fingerprint density at radius 1 is 1.03 bits per heavy atom. The van der Waals surface area contributed by atoms with E-state index in [0.29, 0.717) is 29.9 Å². The molecule has 2 N–H and O–H groups in total. The number of nitrogens with zero attached hydrogens (tertiary/aromatic N) is 1. The first-order chi connectivity index (χ1) is 14.2. The van der Waals surface area contributed by atoms with Crippen LogP contribution >= 0.6 is 0 Å². The molecule has 2 amide bonds. The Balaban J connectivity index is 2.06. The summed E-state index contributed by atoms with van der Waals surface area (Å²) < 4.78 is 27.1. The third-order valence-electron chi connectivity index (χ3n) is 4.70. The second-order valence-corrected chi connectivity index (χ2v) is 8.97. The van der Waals surface area contributed by atoms with Gasteiger partial charge in [-0.3, -0.25) is 9.59 Å². The lowest BCUT2D eigenvalue weighted by Gasteiger charge is -2.20. The van der Waals surface area contributed by atoms with Gasteiger partial charge >= 0.3 is 0 Å².